The Morgan fingerprint density at radius 1 is 0.889 bits per heavy atom. The van der Waals surface area contributed by atoms with Gasteiger partial charge in [0.2, 0.25) is 0 Å². The number of hydrogen-bond acceptors (Lipinski definition) is 1. The van der Waals surface area contributed by atoms with E-state index in [-0.39, 0.29) is 23.4 Å². The summed E-state index contributed by atoms with van der Waals surface area (Å²) in [7, 11) is 0. The second-order valence-electron chi connectivity index (χ2n) is 7.43. The van der Waals surface area contributed by atoms with Gasteiger partial charge in [-0.3, -0.25) is 0 Å². The molecule has 1 heteroatoms. The molecule has 0 fully saturated rings. The molecule has 1 unspecified atom stereocenters. The van der Waals surface area contributed by atoms with E-state index < -0.39 is 0 Å². The van der Waals surface area contributed by atoms with E-state index in [1.54, 1.807) is 0 Å². The van der Waals surface area contributed by atoms with Gasteiger partial charge in [0.1, 0.15) is 0 Å². The Morgan fingerprint density at radius 3 is 1.56 bits per heavy atom. The van der Waals surface area contributed by atoms with Crippen LogP contribution in [0.25, 0.3) is 0 Å². The van der Waals surface area contributed by atoms with Crippen LogP contribution in [0.2, 0.25) is 0 Å². The molecule has 18 heavy (non-hydrogen) atoms. The van der Waals surface area contributed by atoms with E-state index >= 15 is 0 Å². The minimum Gasteiger partial charge on any atom is -0.396 e. The van der Waals surface area contributed by atoms with Crippen molar-refractivity contribution in [3.63, 3.8) is 0 Å². The zero-order valence-corrected chi connectivity index (χ0v) is 13.0. The highest BCUT2D eigenvalue weighted by atomic mass is 16.3. The maximum Gasteiger partial charge on any atom is 0.0497 e. The van der Waals surface area contributed by atoms with Crippen molar-refractivity contribution in [1.29, 1.82) is 0 Å². The minimum absolute atomic E-state index is 0.144. The monoisotopic (exact) mass is 248 g/mol. The van der Waals surface area contributed by atoms with E-state index in [1.165, 1.54) is 16.7 Å². The summed E-state index contributed by atoms with van der Waals surface area (Å²) < 4.78 is 0. The standard InChI is InChI=1S/C17H28O/c1-12(11-18)13-8-14(16(2,3)4)10-15(9-13)17(5,6)7/h8-10,12,18H,11H2,1-7H3. The molecule has 1 nitrogen and oxygen atoms in total. The quantitative estimate of drug-likeness (QED) is 0.823. The Hall–Kier alpha value is -0.820. The Kier molecular flexibility index (Phi) is 4.27. The van der Waals surface area contributed by atoms with Crippen LogP contribution < -0.4 is 0 Å². The zero-order chi connectivity index (χ0) is 14.1. The lowest BCUT2D eigenvalue weighted by Gasteiger charge is -2.27. The SMILES string of the molecule is CC(CO)c1cc(C(C)(C)C)cc(C(C)(C)C)c1. The molecule has 0 amide bonds. The van der Waals surface area contributed by atoms with Gasteiger partial charge in [-0.25, -0.2) is 0 Å². The van der Waals surface area contributed by atoms with E-state index in [9.17, 15) is 5.11 Å². The van der Waals surface area contributed by atoms with Gasteiger partial charge in [-0.15, -0.1) is 0 Å². The lowest BCUT2D eigenvalue weighted by Crippen LogP contribution is -2.17. The van der Waals surface area contributed by atoms with Gasteiger partial charge < -0.3 is 5.11 Å². The van der Waals surface area contributed by atoms with E-state index in [0.29, 0.717) is 0 Å². The first kappa shape index (κ1) is 15.2. The van der Waals surface area contributed by atoms with Gasteiger partial charge in [-0.2, -0.15) is 0 Å². The molecule has 0 aliphatic rings. The average molecular weight is 248 g/mol. The molecule has 102 valence electrons. The minimum atomic E-state index is 0.144. The Labute approximate surface area is 112 Å². The second kappa shape index (κ2) is 5.05. The van der Waals surface area contributed by atoms with Crippen molar-refractivity contribution in [1.82, 2.24) is 0 Å². The molecule has 0 saturated carbocycles. The molecule has 0 spiro atoms. The highest BCUT2D eigenvalue weighted by molar-refractivity contribution is 5.38. The lowest BCUT2D eigenvalue weighted by atomic mass is 9.78. The van der Waals surface area contributed by atoms with Crippen LogP contribution >= 0.6 is 0 Å². The van der Waals surface area contributed by atoms with Crippen molar-refractivity contribution < 1.29 is 5.11 Å². The van der Waals surface area contributed by atoms with Gasteiger partial charge in [0.25, 0.3) is 0 Å². The first-order valence-electron chi connectivity index (χ1n) is 6.82. The molecule has 1 N–H and O–H groups in total. The molecule has 0 saturated heterocycles. The first-order chi connectivity index (χ1) is 8.05. The number of aliphatic hydroxyl groups excluding tert-OH is 1. The lowest BCUT2D eigenvalue weighted by molar-refractivity contribution is 0.273. The third-order valence-electron chi connectivity index (χ3n) is 3.53. The van der Waals surface area contributed by atoms with Crippen LogP contribution in [0.15, 0.2) is 18.2 Å². The van der Waals surface area contributed by atoms with Gasteiger partial charge in [-0.1, -0.05) is 66.7 Å². The van der Waals surface area contributed by atoms with Gasteiger partial charge >= 0.3 is 0 Å². The molecule has 0 bridgehead atoms. The highest BCUT2D eigenvalue weighted by Gasteiger charge is 2.21. The Morgan fingerprint density at radius 2 is 1.28 bits per heavy atom. The summed E-state index contributed by atoms with van der Waals surface area (Å²) >= 11 is 0. The van der Waals surface area contributed by atoms with Gasteiger partial charge in [0.05, 0.1) is 0 Å². The normalized spacial score (nSPS) is 14.7. The molecule has 0 radical (unpaired) electrons. The van der Waals surface area contributed by atoms with E-state index in [0.717, 1.165) is 0 Å². The summed E-state index contributed by atoms with van der Waals surface area (Å²) in [4.78, 5) is 0. The van der Waals surface area contributed by atoms with Crippen molar-refractivity contribution in [3.05, 3.63) is 34.9 Å². The molecule has 1 atom stereocenters. The second-order valence-corrected chi connectivity index (χ2v) is 7.43. The molecule has 0 heterocycles. The molecule has 0 aliphatic heterocycles. The molecule has 1 aromatic rings. The smallest absolute Gasteiger partial charge is 0.0497 e. The van der Waals surface area contributed by atoms with Crippen LogP contribution in [-0.2, 0) is 10.8 Å². The molecule has 1 aromatic carbocycles. The van der Waals surface area contributed by atoms with Gasteiger partial charge in [0.15, 0.2) is 0 Å². The zero-order valence-electron chi connectivity index (χ0n) is 13.0. The van der Waals surface area contributed by atoms with Crippen molar-refractivity contribution in [2.45, 2.75) is 65.2 Å². The number of rotatable bonds is 2. The van der Waals surface area contributed by atoms with E-state index in [4.69, 9.17) is 0 Å². The fourth-order valence-corrected chi connectivity index (χ4v) is 1.91. The molecular weight excluding hydrogens is 220 g/mol. The third-order valence-corrected chi connectivity index (χ3v) is 3.53. The van der Waals surface area contributed by atoms with Crippen LogP contribution in [-0.4, -0.2) is 11.7 Å². The summed E-state index contributed by atoms with van der Waals surface area (Å²) in [5, 5.41) is 9.38. The summed E-state index contributed by atoms with van der Waals surface area (Å²) in [5.41, 5.74) is 4.24. The molecule has 0 aromatic heterocycles. The fourth-order valence-electron chi connectivity index (χ4n) is 1.91. The summed E-state index contributed by atoms with van der Waals surface area (Å²) in [6, 6.07) is 6.81. The van der Waals surface area contributed by atoms with Gasteiger partial charge in [-0.05, 0) is 27.5 Å². The third kappa shape index (κ3) is 3.58. The van der Waals surface area contributed by atoms with Crippen molar-refractivity contribution in [2.75, 3.05) is 6.61 Å². The van der Waals surface area contributed by atoms with E-state index in [1.807, 2.05) is 0 Å². The summed E-state index contributed by atoms with van der Waals surface area (Å²) in [5.74, 6) is 0.202. The van der Waals surface area contributed by atoms with Crippen molar-refractivity contribution in [3.8, 4) is 0 Å². The van der Waals surface area contributed by atoms with Crippen LogP contribution in [0.4, 0.5) is 0 Å². The summed E-state index contributed by atoms with van der Waals surface area (Å²) in [6.45, 7) is 15.7. The Balaban J connectivity index is 3.39. The van der Waals surface area contributed by atoms with Crippen LogP contribution in [0.5, 0.6) is 0 Å². The summed E-state index contributed by atoms with van der Waals surface area (Å²) in [6.07, 6.45) is 0. The molecule has 1 rings (SSSR count). The van der Waals surface area contributed by atoms with Crippen LogP contribution in [0.3, 0.4) is 0 Å². The van der Waals surface area contributed by atoms with Gasteiger partial charge in [0, 0.05) is 12.5 Å². The van der Waals surface area contributed by atoms with Crippen molar-refractivity contribution in [2.24, 2.45) is 0 Å². The fraction of sp³-hybridized carbons (Fsp3) is 0.647. The predicted molar refractivity (Wildman–Crippen MR) is 79.3 cm³/mol. The van der Waals surface area contributed by atoms with Crippen LogP contribution in [0.1, 0.15) is 71.1 Å². The number of aliphatic hydroxyl groups is 1. The molecule has 0 aliphatic carbocycles. The highest BCUT2D eigenvalue weighted by Crippen LogP contribution is 2.32. The predicted octanol–water partition coefficient (Wildman–Crippen LogP) is 4.38. The first-order valence-corrected chi connectivity index (χ1v) is 6.82. The number of hydrogen-bond donors (Lipinski definition) is 1. The maximum absolute atomic E-state index is 9.38. The molecular formula is C17H28O. The van der Waals surface area contributed by atoms with Crippen LogP contribution in [0, 0.1) is 0 Å². The largest absolute Gasteiger partial charge is 0.396 e. The topological polar surface area (TPSA) is 20.2 Å². The average Bonchev–Trinajstić information content (AvgIpc) is 2.25. The number of benzene rings is 1. The maximum atomic E-state index is 9.38. The van der Waals surface area contributed by atoms with Crippen molar-refractivity contribution >= 4 is 0 Å². The Bertz CT molecular complexity index is 372. The van der Waals surface area contributed by atoms with E-state index in [2.05, 4.69) is 66.7 Å².